The van der Waals surface area contributed by atoms with E-state index in [0.717, 1.165) is 18.7 Å². The fraction of sp³-hybridized carbons (Fsp3) is 0.533. The number of phenols is 1. The minimum absolute atomic E-state index is 0.126. The first-order valence-corrected chi connectivity index (χ1v) is 7.13. The normalized spacial score (nSPS) is 19.2. The summed E-state index contributed by atoms with van der Waals surface area (Å²) in [5.74, 6) is 0.337. The van der Waals surface area contributed by atoms with Crippen LogP contribution < -0.4 is 10.1 Å². The average Bonchev–Trinajstić information content (AvgIpc) is 2.50. The summed E-state index contributed by atoms with van der Waals surface area (Å²) >= 11 is 0. The Morgan fingerprint density at radius 1 is 1.52 bits per heavy atom. The van der Waals surface area contributed by atoms with E-state index in [1.807, 2.05) is 17.0 Å². The molecule has 1 saturated heterocycles. The molecule has 1 aromatic rings. The molecule has 0 saturated carbocycles. The highest BCUT2D eigenvalue weighted by molar-refractivity contribution is 5.76. The van der Waals surface area contributed by atoms with Crippen LogP contribution in [0.5, 0.6) is 11.5 Å². The zero-order chi connectivity index (χ0) is 15.2. The third-order valence-electron chi connectivity index (χ3n) is 3.59. The van der Waals surface area contributed by atoms with Crippen molar-refractivity contribution in [3.8, 4) is 11.5 Å². The van der Waals surface area contributed by atoms with E-state index >= 15 is 0 Å². The number of benzene rings is 1. The summed E-state index contributed by atoms with van der Waals surface area (Å²) in [5.41, 5.74) is 0.741. The minimum atomic E-state index is -0.329. The lowest BCUT2D eigenvalue weighted by atomic mass is 10.1. The SMILES string of the molecule is CCOC(=O)C1CNCCN1Cc1cccc(OC)c1O. The van der Waals surface area contributed by atoms with Gasteiger partial charge in [0.25, 0.3) is 0 Å². The molecule has 1 aliphatic heterocycles. The lowest BCUT2D eigenvalue weighted by Gasteiger charge is -2.34. The second-order valence-electron chi connectivity index (χ2n) is 4.91. The molecule has 21 heavy (non-hydrogen) atoms. The highest BCUT2D eigenvalue weighted by atomic mass is 16.5. The average molecular weight is 294 g/mol. The standard InChI is InChI=1S/C15H22N2O4/c1-3-21-15(19)12-9-16-7-8-17(12)10-11-5-4-6-13(20-2)14(11)18/h4-6,12,16,18H,3,7-10H2,1-2H3. The lowest BCUT2D eigenvalue weighted by molar-refractivity contribution is -0.150. The van der Waals surface area contributed by atoms with Gasteiger partial charge in [0.1, 0.15) is 6.04 Å². The van der Waals surface area contributed by atoms with E-state index in [0.29, 0.717) is 25.4 Å². The molecule has 116 valence electrons. The molecule has 6 heteroatoms. The Balaban J connectivity index is 2.14. The molecule has 0 bridgehead atoms. The van der Waals surface area contributed by atoms with Crippen LogP contribution in [0.4, 0.5) is 0 Å². The van der Waals surface area contributed by atoms with Gasteiger partial charge in [-0.15, -0.1) is 0 Å². The third-order valence-corrected chi connectivity index (χ3v) is 3.59. The number of methoxy groups -OCH3 is 1. The number of phenolic OH excluding ortho intramolecular Hbond substituents is 1. The summed E-state index contributed by atoms with van der Waals surface area (Å²) in [7, 11) is 1.52. The lowest BCUT2D eigenvalue weighted by Crippen LogP contribution is -2.54. The Morgan fingerprint density at radius 3 is 3.05 bits per heavy atom. The van der Waals surface area contributed by atoms with Gasteiger partial charge >= 0.3 is 5.97 Å². The fourth-order valence-electron chi connectivity index (χ4n) is 2.49. The van der Waals surface area contributed by atoms with Crippen LogP contribution in [0.1, 0.15) is 12.5 Å². The number of aromatic hydroxyl groups is 1. The topological polar surface area (TPSA) is 71.0 Å². The van der Waals surface area contributed by atoms with Gasteiger partial charge in [-0.05, 0) is 13.0 Å². The van der Waals surface area contributed by atoms with Crippen LogP contribution in [0.25, 0.3) is 0 Å². The molecule has 0 radical (unpaired) electrons. The van der Waals surface area contributed by atoms with E-state index < -0.39 is 0 Å². The van der Waals surface area contributed by atoms with Crippen molar-refractivity contribution in [3.63, 3.8) is 0 Å². The summed E-state index contributed by atoms with van der Waals surface area (Å²) in [6, 6.07) is 5.04. The smallest absolute Gasteiger partial charge is 0.324 e. The van der Waals surface area contributed by atoms with Crippen molar-refractivity contribution in [1.29, 1.82) is 0 Å². The Hall–Kier alpha value is -1.79. The molecular weight excluding hydrogens is 272 g/mol. The van der Waals surface area contributed by atoms with Crippen molar-refractivity contribution in [3.05, 3.63) is 23.8 Å². The predicted molar refractivity (Wildman–Crippen MR) is 78.4 cm³/mol. The van der Waals surface area contributed by atoms with Gasteiger partial charge in [-0.1, -0.05) is 12.1 Å². The molecular formula is C15H22N2O4. The molecule has 1 aliphatic rings. The van der Waals surface area contributed by atoms with Crippen LogP contribution in [-0.2, 0) is 16.1 Å². The Labute approximate surface area is 124 Å². The van der Waals surface area contributed by atoms with E-state index in [1.54, 1.807) is 13.0 Å². The predicted octanol–water partition coefficient (Wildman–Crippen LogP) is 0.738. The molecule has 1 heterocycles. The second-order valence-corrected chi connectivity index (χ2v) is 4.91. The Morgan fingerprint density at radius 2 is 2.33 bits per heavy atom. The summed E-state index contributed by atoms with van der Waals surface area (Å²) in [4.78, 5) is 14.0. The number of piperazine rings is 1. The zero-order valence-corrected chi connectivity index (χ0v) is 12.5. The quantitative estimate of drug-likeness (QED) is 0.781. The number of esters is 1. The number of rotatable bonds is 5. The third kappa shape index (κ3) is 3.65. The summed E-state index contributed by atoms with van der Waals surface area (Å²) in [5, 5.41) is 13.4. The summed E-state index contributed by atoms with van der Waals surface area (Å²) in [6.07, 6.45) is 0. The van der Waals surface area contributed by atoms with Crippen LogP contribution in [0, 0.1) is 0 Å². The Kier molecular flexibility index (Phi) is 5.41. The van der Waals surface area contributed by atoms with Gasteiger partial charge in [0.15, 0.2) is 11.5 Å². The van der Waals surface area contributed by atoms with Gasteiger partial charge in [-0.25, -0.2) is 0 Å². The number of hydrogen-bond donors (Lipinski definition) is 2. The highest BCUT2D eigenvalue weighted by Crippen LogP contribution is 2.30. The van der Waals surface area contributed by atoms with Gasteiger partial charge in [0.05, 0.1) is 13.7 Å². The van der Waals surface area contributed by atoms with Crippen LogP contribution in [0.3, 0.4) is 0 Å². The van der Waals surface area contributed by atoms with Crippen molar-refractivity contribution in [1.82, 2.24) is 10.2 Å². The van der Waals surface area contributed by atoms with Gasteiger partial charge in [0.2, 0.25) is 0 Å². The van der Waals surface area contributed by atoms with Crippen LogP contribution >= 0.6 is 0 Å². The molecule has 6 nitrogen and oxygen atoms in total. The van der Waals surface area contributed by atoms with Crippen molar-refractivity contribution in [2.24, 2.45) is 0 Å². The molecule has 2 N–H and O–H groups in total. The maximum Gasteiger partial charge on any atom is 0.324 e. The molecule has 1 unspecified atom stereocenters. The van der Waals surface area contributed by atoms with E-state index in [4.69, 9.17) is 9.47 Å². The second kappa shape index (κ2) is 7.28. The molecule has 2 rings (SSSR count). The largest absolute Gasteiger partial charge is 0.504 e. The van der Waals surface area contributed by atoms with Crippen molar-refractivity contribution >= 4 is 5.97 Å². The molecule has 1 atom stereocenters. The van der Waals surface area contributed by atoms with Crippen LogP contribution in [0.2, 0.25) is 0 Å². The zero-order valence-electron chi connectivity index (χ0n) is 12.5. The van der Waals surface area contributed by atoms with E-state index in [9.17, 15) is 9.90 Å². The molecule has 0 spiro atoms. The number of nitrogens with one attached hydrogen (secondary N) is 1. The fourth-order valence-corrected chi connectivity index (χ4v) is 2.49. The molecule has 1 aromatic carbocycles. The maximum atomic E-state index is 12.0. The van der Waals surface area contributed by atoms with Gasteiger partial charge in [-0.3, -0.25) is 9.69 Å². The molecule has 0 amide bonds. The maximum absolute atomic E-state index is 12.0. The van der Waals surface area contributed by atoms with Crippen LogP contribution in [-0.4, -0.2) is 55.4 Å². The first-order valence-electron chi connectivity index (χ1n) is 7.13. The first kappa shape index (κ1) is 15.6. The number of carbonyl (C=O) groups excluding carboxylic acids is 1. The molecule has 1 fully saturated rings. The van der Waals surface area contributed by atoms with E-state index in [2.05, 4.69) is 5.32 Å². The van der Waals surface area contributed by atoms with Gasteiger partial charge in [-0.2, -0.15) is 0 Å². The van der Waals surface area contributed by atoms with Gasteiger partial charge in [0, 0.05) is 31.7 Å². The van der Waals surface area contributed by atoms with Crippen LogP contribution in [0.15, 0.2) is 18.2 Å². The minimum Gasteiger partial charge on any atom is -0.504 e. The number of ether oxygens (including phenoxy) is 2. The number of hydrogen-bond acceptors (Lipinski definition) is 6. The van der Waals surface area contributed by atoms with Crippen molar-refractivity contribution in [2.75, 3.05) is 33.4 Å². The molecule has 0 aromatic heterocycles. The summed E-state index contributed by atoms with van der Waals surface area (Å²) < 4.78 is 10.2. The highest BCUT2D eigenvalue weighted by Gasteiger charge is 2.30. The van der Waals surface area contributed by atoms with Crippen molar-refractivity contribution < 1.29 is 19.4 Å². The number of carbonyl (C=O) groups is 1. The first-order chi connectivity index (χ1) is 10.2. The number of nitrogens with zero attached hydrogens (tertiary/aromatic N) is 1. The number of para-hydroxylation sites is 1. The van der Waals surface area contributed by atoms with E-state index in [1.165, 1.54) is 7.11 Å². The van der Waals surface area contributed by atoms with E-state index in [-0.39, 0.29) is 17.8 Å². The summed E-state index contributed by atoms with van der Waals surface area (Å²) in [6.45, 7) is 4.73. The van der Waals surface area contributed by atoms with Crippen molar-refractivity contribution in [2.45, 2.75) is 19.5 Å². The molecule has 0 aliphatic carbocycles. The monoisotopic (exact) mass is 294 g/mol. The Bertz CT molecular complexity index is 493. The van der Waals surface area contributed by atoms with Gasteiger partial charge < -0.3 is 19.9 Å².